The summed E-state index contributed by atoms with van der Waals surface area (Å²) in [5.41, 5.74) is 1.64. The molecule has 2 atom stereocenters. The average Bonchev–Trinajstić information content (AvgIpc) is 2.36. The van der Waals surface area contributed by atoms with E-state index in [1.165, 1.54) is 5.56 Å². The highest BCUT2D eigenvalue weighted by Crippen LogP contribution is 2.36. The second kappa shape index (κ2) is 7.36. The number of rotatable bonds is 6. The van der Waals surface area contributed by atoms with Crippen molar-refractivity contribution in [1.82, 2.24) is 0 Å². The van der Waals surface area contributed by atoms with E-state index in [4.69, 9.17) is 14.7 Å². The summed E-state index contributed by atoms with van der Waals surface area (Å²) in [6.45, 7) is 13.1. The van der Waals surface area contributed by atoms with E-state index < -0.39 is 6.29 Å². The molecule has 2 unspecified atom stereocenters. The summed E-state index contributed by atoms with van der Waals surface area (Å²) in [7, 11) is 0. The van der Waals surface area contributed by atoms with Crippen LogP contribution < -0.4 is 4.74 Å². The zero-order chi connectivity index (χ0) is 16.0. The highest BCUT2D eigenvalue weighted by Gasteiger charge is 2.23. The van der Waals surface area contributed by atoms with Crippen molar-refractivity contribution < 1.29 is 9.47 Å². The van der Waals surface area contributed by atoms with Gasteiger partial charge in [-0.2, -0.15) is 5.26 Å². The Kier molecular flexibility index (Phi) is 6.08. The van der Waals surface area contributed by atoms with E-state index in [1.54, 1.807) is 13.2 Å². The van der Waals surface area contributed by atoms with Gasteiger partial charge in [-0.05, 0) is 41.4 Å². The largest absolute Gasteiger partial charge is 0.454 e. The molecule has 1 aromatic rings. The van der Waals surface area contributed by atoms with Crippen LogP contribution in [0.25, 0.3) is 0 Å². The van der Waals surface area contributed by atoms with Gasteiger partial charge in [0.05, 0.1) is 0 Å². The molecule has 0 spiro atoms. The molecule has 0 heterocycles. The first-order chi connectivity index (χ1) is 9.73. The molecular formula is C18H27NO2. The Bertz CT molecular complexity index is 465. The molecule has 0 fully saturated rings. The van der Waals surface area contributed by atoms with Gasteiger partial charge in [0, 0.05) is 6.92 Å². The summed E-state index contributed by atoms with van der Waals surface area (Å²) in [5, 5.41) is 8.45. The van der Waals surface area contributed by atoms with Crippen molar-refractivity contribution in [2.75, 3.05) is 0 Å². The van der Waals surface area contributed by atoms with E-state index in [2.05, 4.69) is 46.8 Å². The quantitative estimate of drug-likeness (QED) is 0.541. The van der Waals surface area contributed by atoms with Gasteiger partial charge in [-0.15, -0.1) is 0 Å². The Balaban J connectivity index is 2.81. The lowest BCUT2D eigenvalue weighted by Gasteiger charge is -2.29. The Hall–Kier alpha value is -1.69. The van der Waals surface area contributed by atoms with Crippen molar-refractivity contribution in [1.29, 1.82) is 5.26 Å². The molecule has 3 heteroatoms. The van der Waals surface area contributed by atoms with Crippen LogP contribution in [-0.2, 0) is 4.74 Å². The minimum absolute atomic E-state index is 0.305. The monoisotopic (exact) mass is 289 g/mol. The summed E-state index contributed by atoms with van der Waals surface area (Å²) in [4.78, 5) is 0. The Labute approximate surface area is 128 Å². The van der Waals surface area contributed by atoms with E-state index in [0.717, 1.165) is 12.2 Å². The number of nitriles is 1. The third-order valence-corrected chi connectivity index (χ3v) is 3.47. The minimum Gasteiger partial charge on any atom is -0.454 e. The molecule has 0 bridgehead atoms. The molecule has 0 saturated carbocycles. The lowest BCUT2D eigenvalue weighted by atomic mass is 9.76. The van der Waals surface area contributed by atoms with Crippen molar-refractivity contribution in [2.45, 2.75) is 60.2 Å². The van der Waals surface area contributed by atoms with Crippen LogP contribution in [0, 0.1) is 22.9 Å². The molecule has 0 aliphatic rings. The van der Waals surface area contributed by atoms with Gasteiger partial charge < -0.3 is 9.47 Å². The Morgan fingerprint density at radius 1 is 1.10 bits per heavy atom. The molecule has 1 aromatic carbocycles. The molecule has 0 N–H and O–H groups in total. The van der Waals surface area contributed by atoms with Gasteiger partial charge in [0.1, 0.15) is 5.75 Å². The topological polar surface area (TPSA) is 42.2 Å². The zero-order valence-electron chi connectivity index (χ0n) is 14.0. The van der Waals surface area contributed by atoms with Gasteiger partial charge in [0.25, 0.3) is 12.5 Å². The fourth-order valence-corrected chi connectivity index (χ4v) is 2.48. The van der Waals surface area contributed by atoms with Crippen LogP contribution in [0.1, 0.15) is 59.4 Å². The van der Waals surface area contributed by atoms with Gasteiger partial charge in [-0.1, -0.05) is 46.8 Å². The fourth-order valence-electron chi connectivity index (χ4n) is 2.48. The lowest BCUT2D eigenvalue weighted by Crippen LogP contribution is -2.16. The molecule has 1 rings (SSSR count). The highest BCUT2D eigenvalue weighted by atomic mass is 16.7. The van der Waals surface area contributed by atoms with Crippen molar-refractivity contribution in [3.63, 3.8) is 0 Å². The maximum absolute atomic E-state index is 8.45. The van der Waals surface area contributed by atoms with Gasteiger partial charge in [-0.25, -0.2) is 0 Å². The van der Waals surface area contributed by atoms with E-state index >= 15 is 0 Å². The van der Waals surface area contributed by atoms with Crippen LogP contribution in [0.5, 0.6) is 5.75 Å². The molecule has 0 amide bonds. The summed E-state index contributed by atoms with van der Waals surface area (Å²) < 4.78 is 10.2. The second-order valence-corrected chi connectivity index (χ2v) is 7.08. The maximum Gasteiger partial charge on any atom is 0.289 e. The third kappa shape index (κ3) is 6.08. The molecule has 21 heavy (non-hydrogen) atoms. The molecule has 0 aliphatic carbocycles. The van der Waals surface area contributed by atoms with Crippen LogP contribution in [0.15, 0.2) is 24.3 Å². The van der Waals surface area contributed by atoms with Crippen molar-refractivity contribution >= 4 is 0 Å². The smallest absolute Gasteiger partial charge is 0.289 e. The lowest BCUT2D eigenvalue weighted by molar-refractivity contribution is -0.00365. The number of hydrogen-bond donors (Lipinski definition) is 0. The predicted molar refractivity (Wildman–Crippen MR) is 84.9 cm³/mol. The maximum atomic E-state index is 8.45. The average molecular weight is 289 g/mol. The molecule has 3 nitrogen and oxygen atoms in total. The number of benzene rings is 1. The van der Waals surface area contributed by atoms with Gasteiger partial charge >= 0.3 is 0 Å². The van der Waals surface area contributed by atoms with Crippen LogP contribution in [0.3, 0.4) is 0 Å². The van der Waals surface area contributed by atoms with Gasteiger partial charge in [0.2, 0.25) is 0 Å². The first-order valence-corrected chi connectivity index (χ1v) is 7.54. The van der Waals surface area contributed by atoms with Crippen molar-refractivity contribution in [3.8, 4) is 12.0 Å². The molecule has 0 saturated heterocycles. The Morgan fingerprint density at radius 2 is 1.67 bits per heavy atom. The number of ether oxygens (including phenoxy) is 2. The van der Waals surface area contributed by atoms with Crippen molar-refractivity contribution in [2.24, 2.45) is 11.3 Å². The number of hydrogen-bond acceptors (Lipinski definition) is 3. The molecule has 116 valence electrons. The van der Waals surface area contributed by atoms with Gasteiger partial charge in [-0.3, -0.25) is 0 Å². The standard InChI is InChI=1S/C18H27NO2/c1-13(2)17(11-18(4,5)6)15-7-9-16(10-8-15)21-14(3)20-12-19/h7-10,13-14,17H,11H2,1-6H3. The van der Waals surface area contributed by atoms with E-state index in [0.29, 0.717) is 17.3 Å². The van der Waals surface area contributed by atoms with Crippen LogP contribution in [0.4, 0.5) is 0 Å². The van der Waals surface area contributed by atoms with Crippen LogP contribution in [-0.4, -0.2) is 6.29 Å². The summed E-state index contributed by atoms with van der Waals surface area (Å²) >= 11 is 0. The molecule has 0 aromatic heterocycles. The third-order valence-electron chi connectivity index (χ3n) is 3.47. The Morgan fingerprint density at radius 3 is 2.10 bits per heavy atom. The normalized spacial score (nSPS) is 14.4. The highest BCUT2D eigenvalue weighted by molar-refractivity contribution is 5.30. The summed E-state index contributed by atoms with van der Waals surface area (Å²) in [6.07, 6.45) is 2.23. The zero-order valence-corrected chi connectivity index (χ0v) is 14.0. The van der Waals surface area contributed by atoms with Crippen LogP contribution in [0.2, 0.25) is 0 Å². The first-order valence-electron chi connectivity index (χ1n) is 7.54. The van der Waals surface area contributed by atoms with E-state index in [9.17, 15) is 0 Å². The minimum atomic E-state index is -0.559. The molecule has 0 radical (unpaired) electrons. The fraction of sp³-hybridized carbons (Fsp3) is 0.611. The number of nitrogens with zero attached hydrogens (tertiary/aromatic N) is 1. The van der Waals surface area contributed by atoms with E-state index in [-0.39, 0.29) is 0 Å². The first kappa shape index (κ1) is 17.4. The summed E-state index contributed by atoms with van der Waals surface area (Å²) in [5.74, 6) is 1.85. The van der Waals surface area contributed by atoms with Crippen molar-refractivity contribution in [3.05, 3.63) is 29.8 Å². The molecular weight excluding hydrogens is 262 g/mol. The van der Waals surface area contributed by atoms with Gasteiger partial charge in [0.15, 0.2) is 0 Å². The SMILES string of the molecule is CC(OC#N)Oc1ccc(C(CC(C)(C)C)C(C)C)cc1. The van der Waals surface area contributed by atoms with E-state index in [1.807, 2.05) is 12.1 Å². The van der Waals surface area contributed by atoms with Crippen LogP contribution >= 0.6 is 0 Å². The summed E-state index contributed by atoms with van der Waals surface area (Å²) in [6, 6.07) is 8.13. The molecule has 0 aliphatic heterocycles. The second-order valence-electron chi connectivity index (χ2n) is 7.08. The predicted octanol–water partition coefficient (Wildman–Crippen LogP) is 5.08.